The predicted octanol–water partition coefficient (Wildman–Crippen LogP) is 5.07. The van der Waals surface area contributed by atoms with E-state index in [1.54, 1.807) is 23.3 Å². The number of benzene rings is 2. The molecule has 1 amide bonds. The molecule has 112 valence electrons. The van der Waals surface area contributed by atoms with E-state index in [2.05, 4.69) is 10.3 Å². The summed E-state index contributed by atoms with van der Waals surface area (Å²) >= 11 is 9.24. The van der Waals surface area contributed by atoms with Crippen LogP contribution < -0.4 is 5.32 Å². The third-order valence-corrected chi connectivity index (χ3v) is 5.23. The number of halogens is 1. The fourth-order valence-electron chi connectivity index (χ4n) is 2.01. The average molecular weight is 349 g/mol. The zero-order valence-electron chi connectivity index (χ0n) is 11.6. The van der Waals surface area contributed by atoms with E-state index < -0.39 is 0 Å². The number of amides is 1. The van der Waals surface area contributed by atoms with Crippen molar-refractivity contribution < 1.29 is 4.79 Å². The summed E-state index contributed by atoms with van der Waals surface area (Å²) in [5, 5.41) is 3.55. The number of hydrogen-bond acceptors (Lipinski definition) is 4. The van der Waals surface area contributed by atoms with E-state index in [4.69, 9.17) is 11.6 Å². The third-order valence-electron chi connectivity index (χ3n) is 3.05. The van der Waals surface area contributed by atoms with Crippen LogP contribution in [0.25, 0.3) is 10.2 Å². The van der Waals surface area contributed by atoms with Gasteiger partial charge in [0.2, 0.25) is 5.91 Å². The molecular formula is C16H13ClN2OS2. The van der Waals surface area contributed by atoms with Gasteiger partial charge in [-0.25, -0.2) is 4.98 Å². The topological polar surface area (TPSA) is 42.0 Å². The highest BCUT2D eigenvalue weighted by molar-refractivity contribution is 7.99. The summed E-state index contributed by atoms with van der Waals surface area (Å²) in [6.45, 7) is 0. The van der Waals surface area contributed by atoms with Crippen molar-refractivity contribution in [2.24, 2.45) is 0 Å². The number of thiazole rings is 1. The lowest BCUT2D eigenvalue weighted by molar-refractivity contribution is -0.115. The van der Waals surface area contributed by atoms with Crippen LogP contribution in [0.5, 0.6) is 0 Å². The van der Waals surface area contributed by atoms with Gasteiger partial charge in [0, 0.05) is 17.1 Å². The van der Waals surface area contributed by atoms with E-state index in [1.807, 2.05) is 36.4 Å². The van der Waals surface area contributed by atoms with Gasteiger partial charge in [0.05, 0.1) is 20.9 Å². The number of hydrogen-bond donors (Lipinski definition) is 1. The first-order valence-electron chi connectivity index (χ1n) is 6.73. The number of fused-ring (bicyclic) bond motifs is 1. The normalized spacial score (nSPS) is 10.8. The van der Waals surface area contributed by atoms with Crippen molar-refractivity contribution in [1.29, 1.82) is 0 Å². The molecule has 1 N–H and O–H groups in total. The molecule has 3 aromatic rings. The zero-order valence-corrected chi connectivity index (χ0v) is 14.0. The van der Waals surface area contributed by atoms with Gasteiger partial charge in [-0.3, -0.25) is 4.79 Å². The molecule has 0 bridgehead atoms. The van der Waals surface area contributed by atoms with E-state index in [0.29, 0.717) is 11.4 Å². The van der Waals surface area contributed by atoms with Crippen LogP contribution in [0, 0.1) is 0 Å². The van der Waals surface area contributed by atoms with Crippen LogP contribution in [0.15, 0.2) is 52.9 Å². The minimum Gasteiger partial charge on any atom is -0.325 e. The number of carbonyl (C=O) groups excluding carboxylic acids is 1. The highest BCUT2D eigenvalue weighted by Crippen LogP contribution is 2.32. The van der Waals surface area contributed by atoms with Crippen LogP contribution in [0.3, 0.4) is 0 Å². The largest absolute Gasteiger partial charge is 0.325 e. The molecule has 6 heteroatoms. The Hall–Kier alpha value is -1.56. The van der Waals surface area contributed by atoms with Crippen molar-refractivity contribution >= 4 is 56.5 Å². The Morgan fingerprint density at radius 3 is 2.86 bits per heavy atom. The number of anilines is 1. The smallest absolute Gasteiger partial charge is 0.225 e. The molecular weight excluding hydrogens is 336 g/mol. The Morgan fingerprint density at radius 2 is 2.05 bits per heavy atom. The first-order chi connectivity index (χ1) is 10.7. The second-order valence-electron chi connectivity index (χ2n) is 4.58. The van der Waals surface area contributed by atoms with Crippen molar-refractivity contribution in [3.63, 3.8) is 0 Å². The lowest BCUT2D eigenvalue weighted by atomic mass is 10.3. The Labute approximate surface area is 141 Å². The minimum absolute atomic E-state index is 0.000420. The summed E-state index contributed by atoms with van der Waals surface area (Å²) in [6, 6.07) is 13.7. The Bertz CT molecular complexity index is 789. The van der Waals surface area contributed by atoms with Gasteiger partial charge in [-0.2, -0.15) is 0 Å². The van der Waals surface area contributed by atoms with Gasteiger partial charge in [0.1, 0.15) is 5.52 Å². The Balaban J connectivity index is 1.59. The lowest BCUT2D eigenvalue weighted by Gasteiger charge is -2.07. The van der Waals surface area contributed by atoms with Crippen LogP contribution in [-0.4, -0.2) is 16.6 Å². The van der Waals surface area contributed by atoms with Crippen LogP contribution in [0.1, 0.15) is 6.42 Å². The van der Waals surface area contributed by atoms with Gasteiger partial charge in [-0.05, 0) is 24.3 Å². The molecule has 22 heavy (non-hydrogen) atoms. The molecule has 0 radical (unpaired) electrons. The number of nitrogens with one attached hydrogen (secondary N) is 1. The van der Waals surface area contributed by atoms with E-state index in [0.717, 1.165) is 21.7 Å². The van der Waals surface area contributed by atoms with Gasteiger partial charge < -0.3 is 5.32 Å². The summed E-state index contributed by atoms with van der Waals surface area (Å²) < 4.78 is 0.913. The van der Waals surface area contributed by atoms with E-state index in [9.17, 15) is 4.79 Å². The summed E-state index contributed by atoms with van der Waals surface area (Å²) in [5.41, 5.74) is 3.25. The monoisotopic (exact) mass is 348 g/mol. The van der Waals surface area contributed by atoms with E-state index in [-0.39, 0.29) is 5.91 Å². The van der Waals surface area contributed by atoms with Crippen LogP contribution in [0.2, 0.25) is 5.02 Å². The van der Waals surface area contributed by atoms with Gasteiger partial charge >= 0.3 is 0 Å². The van der Waals surface area contributed by atoms with E-state index >= 15 is 0 Å². The standard InChI is InChI=1S/C16H13ClN2OS2/c17-12-6-7-13(16-15(12)18-10-22-16)19-14(20)8-9-21-11-4-2-1-3-5-11/h1-7,10H,8-9H2,(H,19,20). The first-order valence-corrected chi connectivity index (χ1v) is 8.98. The summed E-state index contributed by atoms with van der Waals surface area (Å²) in [6.07, 6.45) is 0.461. The summed E-state index contributed by atoms with van der Waals surface area (Å²) in [4.78, 5) is 17.5. The fourth-order valence-corrected chi connectivity index (χ4v) is 3.93. The Kier molecular flexibility index (Phi) is 4.97. The number of rotatable bonds is 5. The molecule has 3 rings (SSSR count). The highest BCUT2D eigenvalue weighted by Gasteiger charge is 2.10. The second kappa shape index (κ2) is 7.13. The Morgan fingerprint density at radius 1 is 1.23 bits per heavy atom. The molecule has 0 atom stereocenters. The van der Waals surface area contributed by atoms with Gasteiger partial charge in [-0.1, -0.05) is 29.8 Å². The molecule has 0 aliphatic rings. The van der Waals surface area contributed by atoms with Gasteiger partial charge in [-0.15, -0.1) is 23.1 Å². The van der Waals surface area contributed by atoms with Crippen molar-refractivity contribution in [2.75, 3.05) is 11.1 Å². The first kappa shape index (κ1) is 15.3. The van der Waals surface area contributed by atoms with Crippen molar-refractivity contribution in [1.82, 2.24) is 4.98 Å². The van der Waals surface area contributed by atoms with Crippen molar-refractivity contribution in [3.05, 3.63) is 53.0 Å². The highest BCUT2D eigenvalue weighted by atomic mass is 35.5. The maximum absolute atomic E-state index is 12.1. The summed E-state index contributed by atoms with van der Waals surface area (Å²) in [5.74, 6) is 0.746. The second-order valence-corrected chi connectivity index (χ2v) is 7.02. The van der Waals surface area contributed by atoms with Crippen LogP contribution >= 0.6 is 34.7 Å². The molecule has 0 saturated heterocycles. The molecule has 0 saturated carbocycles. The molecule has 0 spiro atoms. The molecule has 2 aromatic carbocycles. The zero-order chi connectivity index (χ0) is 15.4. The van der Waals surface area contributed by atoms with Crippen molar-refractivity contribution in [3.8, 4) is 0 Å². The molecule has 0 unspecified atom stereocenters. The predicted molar refractivity (Wildman–Crippen MR) is 95.0 cm³/mol. The fraction of sp³-hybridized carbons (Fsp3) is 0.125. The average Bonchev–Trinajstić information content (AvgIpc) is 3.02. The quantitative estimate of drug-likeness (QED) is 0.654. The minimum atomic E-state index is 0.000420. The number of nitrogens with zero attached hydrogens (tertiary/aromatic N) is 1. The SMILES string of the molecule is O=C(CCSc1ccccc1)Nc1ccc(Cl)c2ncsc12. The number of aromatic nitrogens is 1. The third kappa shape index (κ3) is 3.61. The molecule has 1 aromatic heterocycles. The molecule has 0 fully saturated rings. The number of carbonyl (C=O) groups is 1. The van der Waals surface area contributed by atoms with Crippen molar-refractivity contribution in [2.45, 2.75) is 11.3 Å². The van der Waals surface area contributed by atoms with Gasteiger partial charge in [0.25, 0.3) is 0 Å². The molecule has 0 aliphatic carbocycles. The molecule has 1 heterocycles. The van der Waals surface area contributed by atoms with Gasteiger partial charge in [0.15, 0.2) is 0 Å². The summed E-state index contributed by atoms with van der Waals surface area (Å²) in [7, 11) is 0. The number of thioether (sulfide) groups is 1. The van der Waals surface area contributed by atoms with Crippen LogP contribution in [-0.2, 0) is 4.79 Å². The maximum Gasteiger partial charge on any atom is 0.225 e. The van der Waals surface area contributed by atoms with E-state index in [1.165, 1.54) is 16.2 Å². The molecule has 0 aliphatic heterocycles. The van der Waals surface area contributed by atoms with Crippen LogP contribution in [0.4, 0.5) is 5.69 Å². The maximum atomic E-state index is 12.1. The lowest BCUT2D eigenvalue weighted by Crippen LogP contribution is -2.12. The molecule has 3 nitrogen and oxygen atoms in total.